The first-order valence-corrected chi connectivity index (χ1v) is 12.1. The summed E-state index contributed by atoms with van der Waals surface area (Å²) in [5.41, 5.74) is 1.10. The molecule has 2 aromatic carbocycles. The predicted octanol–water partition coefficient (Wildman–Crippen LogP) is 3.00. The van der Waals surface area contributed by atoms with Crippen molar-refractivity contribution in [3.63, 3.8) is 0 Å². The van der Waals surface area contributed by atoms with Gasteiger partial charge >= 0.3 is 0 Å². The lowest BCUT2D eigenvalue weighted by Crippen LogP contribution is -2.47. The Morgan fingerprint density at radius 3 is 2.10 bits per heavy atom. The van der Waals surface area contributed by atoms with Gasteiger partial charge in [-0.1, -0.05) is 19.1 Å². The number of carbonyl (C=O) groups excluding carboxylic acids is 1. The number of piperidine rings is 1. The van der Waals surface area contributed by atoms with Crippen molar-refractivity contribution >= 4 is 15.9 Å². The Morgan fingerprint density at radius 2 is 1.55 bits per heavy atom. The molecule has 168 valence electrons. The molecule has 8 heteroatoms. The number of nitrogens with zero attached hydrogens (tertiary/aromatic N) is 1. The number of aryl methyl sites for hydroxylation is 1. The van der Waals surface area contributed by atoms with Gasteiger partial charge in [0.15, 0.2) is 6.61 Å². The Balaban J connectivity index is 1.45. The van der Waals surface area contributed by atoms with Gasteiger partial charge in [0.1, 0.15) is 11.5 Å². The van der Waals surface area contributed by atoms with Crippen LogP contribution < -0.4 is 14.8 Å². The van der Waals surface area contributed by atoms with Crippen LogP contribution in [0.3, 0.4) is 0 Å². The second-order valence-electron chi connectivity index (χ2n) is 7.44. The van der Waals surface area contributed by atoms with E-state index in [1.54, 1.807) is 36.4 Å². The second kappa shape index (κ2) is 10.6. The van der Waals surface area contributed by atoms with Gasteiger partial charge in [-0.2, -0.15) is 4.31 Å². The van der Waals surface area contributed by atoms with E-state index in [1.165, 1.54) is 4.31 Å². The van der Waals surface area contributed by atoms with Crippen LogP contribution in [0.5, 0.6) is 11.5 Å². The highest BCUT2D eigenvalue weighted by atomic mass is 32.2. The molecule has 1 aliphatic rings. The van der Waals surface area contributed by atoms with Crippen LogP contribution in [0.15, 0.2) is 53.4 Å². The van der Waals surface area contributed by atoms with Gasteiger partial charge in [0.05, 0.1) is 11.5 Å². The molecular weight excluding hydrogens is 416 g/mol. The van der Waals surface area contributed by atoms with Gasteiger partial charge in [0, 0.05) is 19.1 Å². The van der Waals surface area contributed by atoms with Crippen LogP contribution in [0.25, 0.3) is 0 Å². The first kappa shape index (κ1) is 23.1. The summed E-state index contributed by atoms with van der Waals surface area (Å²) in [7, 11) is -3.51. The number of nitrogens with one attached hydrogen (secondary N) is 1. The number of benzene rings is 2. The molecule has 1 aliphatic heterocycles. The zero-order chi connectivity index (χ0) is 22.3. The van der Waals surface area contributed by atoms with E-state index in [4.69, 9.17) is 9.47 Å². The zero-order valence-electron chi connectivity index (χ0n) is 18.0. The Bertz CT molecular complexity index is 950. The summed E-state index contributed by atoms with van der Waals surface area (Å²) in [5.74, 6) is 1.13. The molecule has 1 fully saturated rings. The Morgan fingerprint density at radius 1 is 0.968 bits per heavy atom. The molecule has 1 amide bonds. The smallest absolute Gasteiger partial charge is 0.258 e. The van der Waals surface area contributed by atoms with Gasteiger partial charge in [-0.3, -0.25) is 4.79 Å². The van der Waals surface area contributed by atoms with Crippen molar-refractivity contribution in [3.8, 4) is 11.5 Å². The van der Waals surface area contributed by atoms with Crippen molar-refractivity contribution in [1.29, 1.82) is 0 Å². The van der Waals surface area contributed by atoms with Crippen LogP contribution in [0.4, 0.5) is 0 Å². The van der Waals surface area contributed by atoms with Crippen molar-refractivity contribution in [2.75, 3.05) is 26.3 Å². The molecule has 0 unspecified atom stereocenters. The minimum Gasteiger partial charge on any atom is -0.494 e. The Labute approximate surface area is 184 Å². The fourth-order valence-electron chi connectivity index (χ4n) is 3.50. The number of ether oxygens (including phenoxy) is 2. The number of sulfonamides is 1. The molecule has 0 atom stereocenters. The molecular formula is C23H30N2O5S. The summed E-state index contributed by atoms with van der Waals surface area (Å²) in [5, 5.41) is 2.94. The second-order valence-corrected chi connectivity index (χ2v) is 9.37. The van der Waals surface area contributed by atoms with Crippen molar-refractivity contribution in [2.24, 2.45) is 0 Å². The molecule has 0 bridgehead atoms. The van der Waals surface area contributed by atoms with Crippen LogP contribution in [0.1, 0.15) is 32.3 Å². The first-order valence-electron chi connectivity index (χ1n) is 10.7. The quantitative estimate of drug-likeness (QED) is 0.640. The molecule has 1 N–H and O–H groups in total. The van der Waals surface area contributed by atoms with Crippen LogP contribution in [0.2, 0.25) is 0 Å². The summed E-state index contributed by atoms with van der Waals surface area (Å²) >= 11 is 0. The molecule has 0 aromatic heterocycles. The van der Waals surface area contributed by atoms with E-state index in [-0.39, 0.29) is 18.6 Å². The first-order chi connectivity index (χ1) is 14.9. The highest BCUT2D eigenvalue weighted by Gasteiger charge is 2.29. The van der Waals surface area contributed by atoms with E-state index in [2.05, 4.69) is 5.32 Å². The number of rotatable bonds is 9. The number of amides is 1. The lowest BCUT2D eigenvalue weighted by Gasteiger charge is -2.31. The maximum atomic E-state index is 12.8. The molecule has 31 heavy (non-hydrogen) atoms. The third kappa shape index (κ3) is 6.21. The fourth-order valence-corrected chi connectivity index (χ4v) is 4.97. The van der Waals surface area contributed by atoms with Crippen molar-refractivity contribution in [1.82, 2.24) is 9.62 Å². The van der Waals surface area contributed by atoms with Crippen molar-refractivity contribution in [2.45, 2.75) is 44.0 Å². The molecule has 0 spiro atoms. The molecule has 0 aliphatic carbocycles. The predicted molar refractivity (Wildman–Crippen MR) is 119 cm³/mol. The Hall–Kier alpha value is -2.58. The van der Waals surface area contributed by atoms with Gasteiger partial charge in [0.25, 0.3) is 5.91 Å². The molecule has 0 saturated carbocycles. The zero-order valence-corrected chi connectivity index (χ0v) is 18.9. The molecule has 1 saturated heterocycles. The van der Waals surface area contributed by atoms with Crippen molar-refractivity contribution < 1.29 is 22.7 Å². The van der Waals surface area contributed by atoms with E-state index in [0.717, 1.165) is 17.7 Å². The number of carbonyl (C=O) groups is 1. The average molecular weight is 447 g/mol. The maximum absolute atomic E-state index is 12.8. The SMILES string of the molecule is CCOc1ccc(OCC(=O)NC2CCN(S(=O)(=O)c3ccc(CC)cc3)CC2)cc1. The highest BCUT2D eigenvalue weighted by molar-refractivity contribution is 7.89. The number of hydrogen-bond donors (Lipinski definition) is 1. The van der Waals surface area contributed by atoms with Crippen LogP contribution >= 0.6 is 0 Å². The third-order valence-electron chi connectivity index (χ3n) is 5.29. The molecule has 0 radical (unpaired) electrons. The maximum Gasteiger partial charge on any atom is 0.258 e. The summed E-state index contributed by atoms with van der Waals surface area (Å²) in [4.78, 5) is 12.5. The highest BCUT2D eigenvalue weighted by Crippen LogP contribution is 2.22. The van der Waals surface area contributed by atoms with Gasteiger partial charge < -0.3 is 14.8 Å². The van der Waals surface area contributed by atoms with E-state index in [1.807, 2.05) is 26.0 Å². The standard InChI is InChI=1S/C23H30N2O5S/c1-3-18-5-11-22(12-6-18)31(27,28)25-15-13-19(14-16-25)24-23(26)17-30-21-9-7-20(8-10-21)29-4-2/h5-12,19H,3-4,13-17H2,1-2H3,(H,24,26). The molecule has 2 aromatic rings. The monoisotopic (exact) mass is 446 g/mol. The van der Waals surface area contributed by atoms with Gasteiger partial charge in [-0.15, -0.1) is 0 Å². The van der Waals surface area contributed by atoms with Gasteiger partial charge in [-0.05, 0) is 68.1 Å². The normalized spacial score (nSPS) is 15.4. The fraction of sp³-hybridized carbons (Fsp3) is 0.435. The minimum absolute atomic E-state index is 0.0645. The minimum atomic E-state index is -3.51. The summed E-state index contributed by atoms with van der Waals surface area (Å²) < 4.78 is 38.1. The van der Waals surface area contributed by atoms with Crippen molar-refractivity contribution in [3.05, 3.63) is 54.1 Å². The summed E-state index contributed by atoms with van der Waals surface area (Å²) in [6, 6.07) is 14.1. The van der Waals surface area contributed by atoms with E-state index in [9.17, 15) is 13.2 Å². The Kier molecular flexibility index (Phi) is 7.92. The molecule has 7 nitrogen and oxygen atoms in total. The van der Waals surface area contributed by atoms with Gasteiger partial charge in [0.2, 0.25) is 10.0 Å². The van der Waals surface area contributed by atoms with Crippen LogP contribution in [-0.4, -0.2) is 51.0 Å². The number of hydrogen-bond acceptors (Lipinski definition) is 5. The largest absolute Gasteiger partial charge is 0.494 e. The topological polar surface area (TPSA) is 84.9 Å². The molecule has 1 heterocycles. The van der Waals surface area contributed by atoms with Crippen LogP contribution in [0, 0.1) is 0 Å². The summed E-state index contributed by atoms with van der Waals surface area (Å²) in [6.07, 6.45) is 2.01. The van der Waals surface area contributed by atoms with Crippen LogP contribution in [-0.2, 0) is 21.2 Å². The third-order valence-corrected chi connectivity index (χ3v) is 7.21. The lowest BCUT2D eigenvalue weighted by atomic mass is 10.1. The lowest BCUT2D eigenvalue weighted by molar-refractivity contribution is -0.124. The van der Waals surface area contributed by atoms with E-state index < -0.39 is 10.0 Å². The van der Waals surface area contributed by atoms with Gasteiger partial charge in [-0.25, -0.2) is 8.42 Å². The molecule has 3 rings (SSSR count). The van der Waals surface area contributed by atoms with E-state index >= 15 is 0 Å². The summed E-state index contributed by atoms with van der Waals surface area (Å²) in [6.45, 7) is 5.21. The average Bonchev–Trinajstić information content (AvgIpc) is 2.79. The van der Waals surface area contributed by atoms with E-state index in [0.29, 0.717) is 43.2 Å².